The fourth-order valence-electron chi connectivity index (χ4n) is 2.55. The van der Waals surface area contributed by atoms with E-state index in [4.69, 9.17) is 16.3 Å². The first-order valence-electron chi connectivity index (χ1n) is 9.17. The molecule has 2 aromatic rings. The number of hydrogen-bond acceptors (Lipinski definition) is 4. The summed E-state index contributed by atoms with van der Waals surface area (Å²) in [5, 5.41) is 9.88. The van der Waals surface area contributed by atoms with Crippen LogP contribution in [0.15, 0.2) is 54.1 Å². The Kier molecular flexibility index (Phi) is 7.99. The summed E-state index contributed by atoms with van der Waals surface area (Å²) in [5.41, 5.74) is 2.63. The van der Waals surface area contributed by atoms with Crippen molar-refractivity contribution < 1.29 is 14.3 Å². The smallest absolute Gasteiger partial charge is 0.349 e. The molecule has 5 nitrogen and oxygen atoms in total. The normalized spacial score (nSPS) is 11.1. The van der Waals surface area contributed by atoms with E-state index in [0.717, 1.165) is 11.1 Å². The predicted molar refractivity (Wildman–Crippen MR) is 113 cm³/mol. The molecule has 0 aromatic heterocycles. The summed E-state index contributed by atoms with van der Waals surface area (Å²) in [6, 6.07) is 16.5. The Morgan fingerprint density at radius 1 is 1.14 bits per heavy atom. The maximum atomic E-state index is 12.2. The highest BCUT2D eigenvalue weighted by Crippen LogP contribution is 2.16. The van der Waals surface area contributed by atoms with E-state index >= 15 is 0 Å². The van der Waals surface area contributed by atoms with E-state index < -0.39 is 12.6 Å². The second-order valence-electron chi connectivity index (χ2n) is 6.94. The van der Waals surface area contributed by atoms with Crippen LogP contribution in [0.1, 0.15) is 36.5 Å². The van der Waals surface area contributed by atoms with Crippen LogP contribution in [0.4, 0.5) is 0 Å². The number of amides is 1. The quantitative estimate of drug-likeness (QED) is 0.380. The number of carbonyl (C=O) groups excluding carboxylic acids is 2. The van der Waals surface area contributed by atoms with Gasteiger partial charge in [-0.05, 0) is 40.8 Å². The predicted octanol–water partition coefficient (Wildman–Crippen LogP) is 4.57. The average Bonchev–Trinajstić information content (AvgIpc) is 2.71. The number of nitriles is 1. The van der Waals surface area contributed by atoms with Gasteiger partial charge in [0.25, 0.3) is 5.91 Å². The SMILES string of the molecule is CC(C)c1ccc(/C=C(\C#N)C(=O)OCC(=O)N(C)Cc2ccc(Cl)cc2)cc1. The van der Waals surface area contributed by atoms with Crippen molar-refractivity contribution in [2.45, 2.75) is 26.3 Å². The number of carbonyl (C=O) groups is 2. The molecule has 0 fully saturated rings. The van der Waals surface area contributed by atoms with Gasteiger partial charge in [-0.25, -0.2) is 4.79 Å². The Balaban J connectivity index is 1.94. The molecule has 1 amide bonds. The lowest BCUT2D eigenvalue weighted by molar-refractivity contribution is -0.148. The number of ether oxygens (including phenoxy) is 1. The van der Waals surface area contributed by atoms with E-state index in [-0.39, 0.29) is 11.5 Å². The molecule has 0 bridgehead atoms. The molecular weight excluding hydrogens is 388 g/mol. The Morgan fingerprint density at radius 3 is 2.31 bits per heavy atom. The molecule has 0 spiro atoms. The molecule has 0 aliphatic heterocycles. The zero-order chi connectivity index (χ0) is 21.4. The monoisotopic (exact) mass is 410 g/mol. The summed E-state index contributed by atoms with van der Waals surface area (Å²) in [4.78, 5) is 25.8. The highest BCUT2D eigenvalue weighted by atomic mass is 35.5. The Morgan fingerprint density at radius 2 is 1.76 bits per heavy atom. The lowest BCUT2D eigenvalue weighted by atomic mass is 10.0. The molecule has 0 aliphatic carbocycles. The van der Waals surface area contributed by atoms with Crippen LogP contribution in [0.25, 0.3) is 6.08 Å². The van der Waals surface area contributed by atoms with Gasteiger partial charge in [0.15, 0.2) is 6.61 Å². The van der Waals surface area contributed by atoms with Crippen molar-refractivity contribution in [3.63, 3.8) is 0 Å². The van der Waals surface area contributed by atoms with E-state index in [0.29, 0.717) is 23.0 Å². The summed E-state index contributed by atoms with van der Waals surface area (Å²) >= 11 is 5.85. The number of esters is 1. The van der Waals surface area contributed by atoms with Crippen LogP contribution in [0.5, 0.6) is 0 Å². The average molecular weight is 411 g/mol. The van der Waals surface area contributed by atoms with Crippen molar-refractivity contribution in [3.8, 4) is 6.07 Å². The fourth-order valence-corrected chi connectivity index (χ4v) is 2.67. The number of hydrogen-bond donors (Lipinski definition) is 0. The third kappa shape index (κ3) is 6.78. The van der Waals surface area contributed by atoms with Crippen molar-refractivity contribution >= 4 is 29.6 Å². The van der Waals surface area contributed by atoms with Crippen LogP contribution >= 0.6 is 11.6 Å². The summed E-state index contributed by atoms with van der Waals surface area (Å²) in [6.45, 7) is 4.10. The van der Waals surface area contributed by atoms with Gasteiger partial charge in [-0.1, -0.05) is 61.8 Å². The molecule has 0 radical (unpaired) electrons. The molecule has 150 valence electrons. The first-order chi connectivity index (χ1) is 13.8. The number of likely N-dealkylation sites (N-methyl/N-ethyl adjacent to an activating group) is 1. The first-order valence-corrected chi connectivity index (χ1v) is 9.55. The van der Waals surface area contributed by atoms with Crippen molar-refractivity contribution in [1.29, 1.82) is 5.26 Å². The van der Waals surface area contributed by atoms with Gasteiger partial charge in [-0.2, -0.15) is 5.26 Å². The molecule has 0 unspecified atom stereocenters. The molecule has 0 N–H and O–H groups in total. The molecule has 6 heteroatoms. The van der Waals surface area contributed by atoms with Gasteiger partial charge in [-0.15, -0.1) is 0 Å². The van der Waals surface area contributed by atoms with Crippen molar-refractivity contribution in [2.75, 3.05) is 13.7 Å². The largest absolute Gasteiger partial charge is 0.451 e. The van der Waals surface area contributed by atoms with E-state index in [1.165, 1.54) is 11.0 Å². The number of benzene rings is 2. The highest BCUT2D eigenvalue weighted by Gasteiger charge is 2.16. The molecule has 29 heavy (non-hydrogen) atoms. The van der Waals surface area contributed by atoms with E-state index in [2.05, 4.69) is 13.8 Å². The number of nitrogens with zero attached hydrogens (tertiary/aromatic N) is 2. The summed E-state index contributed by atoms with van der Waals surface area (Å²) < 4.78 is 5.03. The van der Waals surface area contributed by atoms with Crippen LogP contribution < -0.4 is 0 Å². The van der Waals surface area contributed by atoms with Gasteiger partial charge in [0.1, 0.15) is 11.6 Å². The summed E-state index contributed by atoms with van der Waals surface area (Å²) in [7, 11) is 1.61. The minimum absolute atomic E-state index is 0.157. The van der Waals surface area contributed by atoms with Gasteiger partial charge >= 0.3 is 5.97 Å². The van der Waals surface area contributed by atoms with Crippen LogP contribution in [-0.4, -0.2) is 30.4 Å². The highest BCUT2D eigenvalue weighted by molar-refractivity contribution is 6.30. The van der Waals surface area contributed by atoms with Gasteiger partial charge < -0.3 is 9.64 Å². The third-order valence-electron chi connectivity index (χ3n) is 4.34. The lowest BCUT2D eigenvalue weighted by Crippen LogP contribution is -2.31. The summed E-state index contributed by atoms with van der Waals surface area (Å²) in [6.07, 6.45) is 1.45. The van der Waals surface area contributed by atoms with E-state index in [1.54, 1.807) is 19.2 Å². The van der Waals surface area contributed by atoms with Gasteiger partial charge in [-0.3, -0.25) is 4.79 Å². The minimum atomic E-state index is -0.825. The molecule has 0 atom stereocenters. The molecule has 2 aromatic carbocycles. The molecular formula is C23H23ClN2O3. The molecule has 0 heterocycles. The number of rotatable bonds is 7. The van der Waals surface area contributed by atoms with Crippen molar-refractivity contribution in [2.24, 2.45) is 0 Å². The van der Waals surface area contributed by atoms with Crippen LogP contribution in [0, 0.1) is 11.3 Å². The van der Waals surface area contributed by atoms with Gasteiger partial charge in [0, 0.05) is 18.6 Å². The fraction of sp³-hybridized carbons (Fsp3) is 0.261. The standard InChI is InChI=1S/C23H23ClN2O3/c1-16(2)19-8-4-17(5-9-19)12-20(13-25)23(28)29-15-22(27)26(3)14-18-6-10-21(24)11-7-18/h4-12,16H,14-15H2,1-3H3/b20-12+. The first kappa shape index (κ1) is 22.2. The topological polar surface area (TPSA) is 70.4 Å². The number of halogens is 1. The maximum absolute atomic E-state index is 12.2. The van der Waals surface area contributed by atoms with E-state index in [1.807, 2.05) is 42.5 Å². The summed E-state index contributed by atoms with van der Waals surface area (Å²) in [5.74, 6) is -0.801. The second-order valence-corrected chi connectivity index (χ2v) is 7.38. The molecule has 0 saturated heterocycles. The van der Waals surface area contributed by atoms with Gasteiger partial charge in [0.05, 0.1) is 0 Å². The van der Waals surface area contributed by atoms with Crippen molar-refractivity contribution in [3.05, 3.63) is 75.8 Å². The maximum Gasteiger partial charge on any atom is 0.349 e. The molecule has 2 rings (SSSR count). The molecule has 0 aliphatic rings. The third-order valence-corrected chi connectivity index (χ3v) is 4.59. The lowest BCUT2D eigenvalue weighted by Gasteiger charge is -2.17. The zero-order valence-electron chi connectivity index (χ0n) is 16.7. The zero-order valence-corrected chi connectivity index (χ0v) is 17.4. The van der Waals surface area contributed by atoms with E-state index in [9.17, 15) is 14.9 Å². The minimum Gasteiger partial charge on any atom is -0.451 e. The molecule has 0 saturated carbocycles. The second kappa shape index (κ2) is 10.4. The van der Waals surface area contributed by atoms with Gasteiger partial charge in [0.2, 0.25) is 0 Å². The van der Waals surface area contributed by atoms with Crippen molar-refractivity contribution in [1.82, 2.24) is 4.90 Å². The Hall–Kier alpha value is -3.10. The Labute approximate surface area is 176 Å². The van der Waals surface area contributed by atoms with Crippen LogP contribution in [-0.2, 0) is 20.9 Å². The van der Waals surface area contributed by atoms with Crippen LogP contribution in [0.3, 0.4) is 0 Å². The van der Waals surface area contributed by atoms with Crippen LogP contribution in [0.2, 0.25) is 5.02 Å². The Bertz CT molecular complexity index is 926.